The highest BCUT2D eigenvalue weighted by Gasteiger charge is 2.29. The molecule has 1 atom stereocenters. The zero-order chi connectivity index (χ0) is 15.4. The van der Waals surface area contributed by atoms with Crippen LogP contribution < -0.4 is 5.32 Å². The molecule has 22 heavy (non-hydrogen) atoms. The Kier molecular flexibility index (Phi) is 4.49. The van der Waals surface area contributed by atoms with Crippen LogP contribution in [0.3, 0.4) is 0 Å². The van der Waals surface area contributed by atoms with Crippen molar-refractivity contribution < 1.29 is 9.53 Å². The van der Waals surface area contributed by atoms with Gasteiger partial charge in [-0.15, -0.1) is 11.8 Å². The molecule has 1 N–H and O–H groups in total. The van der Waals surface area contributed by atoms with Crippen LogP contribution in [0, 0.1) is 0 Å². The number of carbonyl (C=O) groups is 1. The van der Waals surface area contributed by atoms with E-state index in [2.05, 4.69) is 11.9 Å². The van der Waals surface area contributed by atoms with Gasteiger partial charge < -0.3 is 10.1 Å². The monoisotopic (exact) mass is 311 g/mol. The molecule has 4 heteroatoms. The highest BCUT2D eigenvalue weighted by Crippen LogP contribution is 2.39. The summed E-state index contributed by atoms with van der Waals surface area (Å²) in [6.45, 7) is 4.33. The number of esters is 1. The fraction of sp³-hybridized carbons (Fsp3) is 0.167. The molecule has 2 aromatic carbocycles. The number of benzene rings is 2. The predicted octanol–water partition coefficient (Wildman–Crippen LogP) is 3.87. The lowest BCUT2D eigenvalue weighted by Gasteiger charge is -2.26. The first-order valence-corrected chi connectivity index (χ1v) is 8.04. The van der Waals surface area contributed by atoms with Gasteiger partial charge in [-0.3, -0.25) is 4.79 Å². The minimum atomic E-state index is -0.398. The normalized spacial score (nSPS) is 16.5. The summed E-state index contributed by atoms with van der Waals surface area (Å²) >= 11 is 1.48. The summed E-state index contributed by atoms with van der Waals surface area (Å²) in [4.78, 5) is 13.3. The van der Waals surface area contributed by atoms with Crippen molar-refractivity contribution in [3.63, 3.8) is 0 Å². The van der Waals surface area contributed by atoms with Crippen LogP contribution in [0.2, 0.25) is 0 Å². The maximum Gasteiger partial charge on any atom is 0.325 e. The molecule has 0 fully saturated rings. The van der Waals surface area contributed by atoms with Crippen LogP contribution in [0.4, 0.5) is 5.69 Å². The lowest BCUT2D eigenvalue weighted by atomic mass is 10.2. The summed E-state index contributed by atoms with van der Waals surface area (Å²) in [5.74, 6) is -0.243. The van der Waals surface area contributed by atoms with Crippen LogP contribution in [-0.2, 0) is 16.0 Å². The van der Waals surface area contributed by atoms with Crippen molar-refractivity contribution in [3.05, 3.63) is 72.4 Å². The van der Waals surface area contributed by atoms with E-state index in [0.29, 0.717) is 12.3 Å². The Balaban J connectivity index is 1.57. The second-order valence-electron chi connectivity index (χ2n) is 5.05. The molecule has 0 amide bonds. The van der Waals surface area contributed by atoms with Crippen molar-refractivity contribution in [2.75, 3.05) is 11.9 Å². The van der Waals surface area contributed by atoms with Gasteiger partial charge in [0.1, 0.15) is 5.25 Å². The summed E-state index contributed by atoms with van der Waals surface area (Å²) < 4.78 is 5.41. The smallest absolute Gasteiger partial charge is 0.325 e. The number of nitrogens with one attached hydrogen (secondary N) is 1. The third-order valence-corrected chi connectivity index (χ3v) is 4.76. The van der Waals surface area contributed by atoms with E-state index in [0.717, 1.165) is 22.6 Å². The van der Waals surface area contributed by atoms with Crippen molar-refractivity contribution in [1.29, 1.82) is 0 Å². The van der Waals surface area contributed by atoms with E-state index < -0.39 is 5.25 Å². The van der Waals surface area contributed by atoms with Crippen molar-refractivity contribution in [1.82, 2.24) is 0 Å². The maximum absolute atomic E-state index is 12.3. The molecule has 0 saturated heterocycles. The number of anilines is 1. The molecule has 0 radical (unpaired) electrons. The number of para-hydroxylation sites is 1. The van der Waals surface area contributed by atoms with E-state index in [1.807, 2.05) is 54.6 Å². The number of carbonyl (C=O) groups excluding carboxylic acids is 1. The Bertz CT molecular complexity index is 684. The Hall–Kier alpha value is -2.20. The number of hydrogen-bond acceptors (Lipinski definition) is 4. The fourth-order valence-corrected chi connectivity index (χ4v) is 3.31. The Labute approximate surface area is 134 Å². The zero-order valence-corrected chi connectivity index (χ0v) is 12.9. The highest BCUT2D eigenvalue weighted by atomic mass is 32.2. The van der Waals surface area contributed by atoms with Gasteiger partial charge in [-0.05, 0) is 17.7 Å². The minimum Gasteiger partial charge on any atom is -0.464 e. The van der Waals surface area contributed by atoms with Crippen LogP contribution >= 0.6 is 11.8 Å². The third-order valence-electron chi connectivity index (χ3n) is 3.44. The molecule has 112 valence electrons. The molecule has 0 bridgehead atoms. The van der Waals surface area contributed by atoms with Crippen molar-refractivity contribution in [2.24, 2.45) is 0 Å². The maximum atomic E-state index is 12.3. The zero-order valence-electron chi connectivity index (χ0n) is 12.1. The van der Waals surface area contributed by atoms with Crippen LogP contribution in [0.5, 0.6) is 0 Å². The number of hydrogen-bond donors (Lipinski definition) is 1. The lowest BCUT2D eigenvalue weighted by Crippen LogP contribution is -2.28. The molecule has 3 nitrogen and oxygen atoms in total. The van der Waals surface area contributed by atoms with Crippen molar-refractivity contribution >= 4 is 23.4 Å². The second-order valence-corrected chi connectivity index (χ2v) is 6.19. The van der Waals surface area contributed by atoms with Crippen LogP contribution in [0.15, 0.2) is 71.8 Å². The van der Waals surface area contributed by atoms with Gasteiger partial charge >= 0.3 is 5.97 Å². The molecule has 3 rings (SSSR count). The van der Waals surface area contributed by atoms with E-state index in [1.165, 1.54) is 11.8 Å². The number of ether oxygens (including phenoxy) is 1. The minimum absolute atomic E-state index is 0.243. The van der Waals surface area contributed by atoms with E-state index in [-0.39, 0.29) is 5.97 Å². The van der Waals surface area contributed by atoms with Gasteiger partial charge in [-0.1, -0.05) is 49.0 Å². The van der Waals surface area contributed by atoms with E-state index in [4.69, 9.17) is 4.74 Å². The third kappa shape index (κ3) is 3.34. The van der Waals surface area contributed by atoms with Crippen LogP contribution in [0.1, 0.15) is 5.56 Å². The number of thioether (sulfide) groups is 1. The molecule has 1 aliphatic heterocycles. The molecule has 0 aromatic heterocycles. The highest BCUT2D eigenvalue weighted by molar-refractivity contribution is 8.01. The Morgan fingerprint density at radius 3 is 2.68 bits per heavy atom. The van der Waals surface area contributed by atoms with Crippen LogP contribution in [0.25, 0.3) is 0 Å². The first-order valence-electron chi connectivity index (χ1n) is 7.16. The lowest BCUT2D eigenvalue weighted by molar-refractivity contribution is -0.142. The number of fused-ring (bicyclic) bond motifs is 1. The largest absolute Gasteiger partial charge is 0.464 e. The molecule has 2 aromatic rings. The number of rotatable bonds is 4. The summed E-state index contributed by atoms with van der Waals surface area (Å²) in [5, 5.41) is 2.79. The standard InChI is InChI=1S/C18H17NO2S/c1-13-17(22-16-10-6-5-9-15(16)19-13)18(20)21-12-11-14-7-3-2-4-8-14/h2-10,17,19H,1,11-12H2. The Morgan fingerprint density at radius 1 is 1.14 bits per heavy atom. The summed E-state index contributed by atoms with van der Waals surface area (Å²) in [6.07, 6.45) is 0.723. The van der Waals surface area contributed by atoms with Crippen LogP contribution in [-0.4, -0.2) is 17.8 Å². The van der Waals surface area contributed by atoms with Crippen molar-refractivity contribution in [2.45, 2.75) is 16.6 Å². The van der Waals surface area contributed by atoms with Crippen molar-refractivity contribution in [3.8, 4) is 0 Å². The molecule has 1 unspecified atom stereocenters. The van der Waals surface area contributed by atoms with Gasteiger partial charge in [0.2, 0.25) is 0 Å². The molecule has 1 heterocycles. The van der Waals surface area contributed by atoms with E-state index >= 15 is 0 Å². The van der Waals surface area contributed by atoms with Gasteiger partial charge in [-0.2, -0.15) is 0 Å². The van der Waals surface area contributed by atoms with Gasteiger partial charge in [-0.25, -0.2) is 0 Å². The van der Waals surface area contributed by atoms with Gasteiger partial charge in [0.05, 0.1) is 12.3 Å². The molecule has 0 saturated carbocycles. The molecule has 0 spiro atoms. The predicted molar refractivity (Wildman–Crippen MR) is 90.0 cm³/mol. The molecule has 0 aliphatic carbocycles. The molecular formula is C18H17NO2S. The summed E-state index contributed by atoms with van der Waals surface area (Å²) in [6, 6.07) is 17.9. The first kappa shape index (κ1) is 14.7. The topological polar surface area (TPSA) is 38.3 Å². The van der Waals surface area contributed by atoms with Gasteiger partial charge in [0, 0.05) is 17.0 Å². The van der Waals surface area contributed by atoms with Gasteiger partial charge in [0.25, 0.3) is 0 Å². The first-order chi connectivity index (χ1) is 10.7. The van der Waals surface area contributed by atoms with E-state index in [9.17, 15) is 4.79 Å². The molecular weight excluding hydrogens is 294 g/mol. The Morgan fingerprint density at radius 2 is 1.86 bits per heavy atom. The summed E-state index contributed by atoms with van der Waals surface area (Å²) in [7, 11) is 0. The average molecular weight is 311 g/mol. The second kappa shape index (κ2) is 6.71. The molecule has 1 aliphatic rings. The summed E-state index contributed by atoms with van der Waals surface area (Å²) in [5.41, 5.74) is 2.83. The van der Waals surface area contributed by atoms with Gasteiger partial charge in [0.15, 0.2) is 0 Å². The average Bonchev–Trinajstić information content (AvgIpc) is 2.55. The quantitative estimate of drug-likeness (QED) is 0.870. The fourth-order valence-electron chi connectivity index (χ4n) is 2.29. The van der Waals surface area contributed by atoms with E-state index in [1.54, 1.807) is 0 Å². The SMILES string of the molecule is C=C1Nc2ccccc2SC1C(=O)OCCc1ccccc1.